The molecule has 1 aromatic carbocycles. The molecule has 1 saturated heterocycles. The van der Waals surface area contributed by atoms with Crippen LogP contribution in [0.5, 0.6) is 5.75 Å². The third-order valence-corrected chi connectivity index (χ3v) is 2.62. The molecule has 1 fully saturated rings. The van der Waals surface area contributed by atoms with Gasteiger partial charge < -0.3 is 9.53 Å². The molecule has 2 amide bonds. The van der Waals surface area contributed by atoms with Crippen molar-refractivity contribution >= 4 is 24.3 Å². The van der Waals surface area contributed by atoms with E-state index in [1.54, 1.807) is 12.1 Å². The minimum absolute atomic E-state index is 0.0203. The molecule has 20 heavy (non-hydrogen) atoms. The first-order valence-electron chi connectivity index (χ1n) is 5.88. The zero-order valence-corrected chi connectivity index (χ0v) is 10.4. The summed E-state index contributed by atoms with van der Waals surface area (Å²) >= 11 is 0. The quantitative estimate of drug-likeness (QED) is 0.353. The van der Waals surface area contributed by atoms with Crippen molar-refractivity contribution in [3.63, 3.8) is 0 Å². The first-order valence-corrected chi connectivity index (χ1v) is 5.88. The highest BCUT2D eigenvalue weighted by atomic mass is 16.8. The van der Waals surface area contributed by atoms with Crippen molar-refractivity contribution in [2.24, 2.45) is 0 Å². The second-order valence-corrected chi connectivity index (χ2v) is 4.04. The standard InChI is InChI=1S/C13H11NO6/c15-8-7-9-1-3-10(4-2-9)19-13(18)20-14-11(16)5-6-12(14)17/h1-4,8H,5-7H2. The van der Waals surface area contributed by atoms with Crippen LogP contribution in [0, 0.1) is 0 Å². The molecule has 7 nitrogen and oxygen atoms in total. The first-order chi connectivity index (χ1) is 9.60. The van der Waals surface area contributed by atoms with Gasteiger partial charge in [-0.2, -0.15) is 0 Å². The van der Waals surface area contributed by atoms with E-state index in [9.17, 15) is 19.2 Å². The van der Waals surface area contributed by atoms with E-state index < -0.39 is 18.0 Å². The summed E-state index contributed by atoms with van der Waals surface area (Å²) in [4.78, 5) is 48.7. The SMILES string of the molecule is O=CCc1ccc(OC(=O)ON2C(=O)CCC2=O)cc1. The molecule has 1 heterocycles. The van der Waals surface area contributed by atoms with Crippen LogP contribution in [0.15, 0.2) is 24.3 Å². The van der Waals surface area contributed by atoms with Crippen LogP contribution in [0.3, 0.4) is 0 Å². The van der Waals surface area contributed by atoms with Gasteiger partial charge in [0.15, 0.2) is 0 Å². The predicted molar refractivity (Wildman–Crippen MR) is 64.4 cm³/mol. The molecule has 0 saturated carbocycles. The second kappa shape index (κ2) is 5.96. The number of amides is 2. The third-order valence-electron chi connectivity index (χ3n) is 2.62. The lowest BCUT2D eigenvalue weighted by atomic mass is 10.2. The summed E-state index contributed by atoms with van der Waals surface area (Å²) in [6.45, 7) is 0. The Kier molecular flexibility index (Phi) is 4.09. The highest BCUT2D eigenvalue weighted by Crippen LogP contribution is 2.16. The number of carbonyl (C=O) groups is 4. The van der Waals surface area contributed by atoms with Crippen LogP contribution >= 0.6 is 0 Å². The van der Waals surface area contributed by atoms with E-state index >= 15 is 0 Å². The van der Waals surface area contributed by atoms with Crippen molar-refractivity contribution in [2.45, 2.75) is 19.3 Å². The van der Waals surface area contributed by atoms with Crippen molar-refractivity contribution in [3.05, 3.63) is 29.8 Å². The Labute approximate surface area is 114 Å². The van der Waals surface area contributed by atoms with Crippen LogP contribution in [0.2, 0.25) is 0 Å². The highest BCUT2D eigenvalue weighted by molar-refractivity contribution is 6.01. The molecular weight excluding hydrogens is 266 g/mol. The number of benzene rings is 1. The number of hydroxylamine groups is 2. The van der Waals surface area contributed by atoms with Crippen LogP contribution in [-0.2, 0) is 25.6 Å². The van der Waals surface area contributed by atoms with Gasteiger partial charge in [-0.25, -0.2) is 4.79 Å². The van der Waals surface area contributed by atoms with Gasteiger partial charge in [0.25, 0.3) is 11.8 Å². The van der Waals surface area contributed by atoms with Crippen LogP contribution in [-0.4, -0.2) is 29.3 Å². The maximum atomic E-state index is 11.4. The zero-order valence-electron chi connectivity index (χ0n) is 10.4. The predicted octanol–water partition coefficient (Wildman–Crippen LogP) is 1.01. The summed E-state index contributed by atoms with van der Waals surface area (Å²) in [5.41, 5.74) is 0.769. The highest BCUT2D eigenvalue weighted by Gasteiger charge is 2.33. The Hall–Kier alpha value is -2.70. The molecule has 104 valence electrons. The van der Waals surface area contributed by atoms with Gasteiger partial charge >= 0.3 is 6.16 Å². The topological polar surface area (TPSA) is 90.0 Å². The number of ether oxygens (including phenoxy) is 1. The van der Waals surface area contributed by atoms with E-state index in [1.165, 1.54) is 12.1 Å². The molecule has 7 heteroatoms. The van der Waals surface area contributed by atoms with Crippen LogP contribution < -0.4 is 4.74 Å². The lowest BCUT2D eigenvalue weighted by molar-refractivity contribution is -0.174. The molecule has 1 aromatic rings. The van der Waals surface area contributed by atoms with Crippen molar-refractivity contribution < 1.29 is 28.8 Å². The molecule has 1 aliphatic heterocycles. The van der Waals surface area contributed by atoms with E-state index in [4.69, 9.17) is 4.74 Å². The molecule has 0 aliphatic carbocycles. The van der Waals surface area contributed by atoms with Crippen molar-refractivity contribution in [1.82, 2.24) is 5.06 Å². The number of carbonyl (C=O) groups excluding carboxylic acids is 4. The molecule has 0 aromatic heterocycles. The number of imide groups is 1. The largest absolute Gasteiger partial charge is 0.539 e. The average Bonchev–Trinajstić information content (AvgIpc) is 2.73. The summed E-state index contributed by atoms with van der Waals surface area (Å²) in [6.07, 6.45) is -0.105. The van der Waals surface area contributed by atoms with Gasteiger partial charge in [0, 0.05) is 19.3 Å². The molecule has 0 atom stereocenters. The fraction of sp³-hybridized carbons (Fsp3) is 0.231. The molecule has 0 unspecified atom stereocenters. The van der Waals surface area contributed by atoms with Gasteiger partial charge in [0.2, 0.25) is 0 Å². The van der Waals surface area contributed by atoms with Crippen molar-refractivity contribution in [1.29, 1.82) is 0 Å². The van der Waals surface area contributed by atoms with E-state index in [2.05, 4.69) is 4.84 Å². The van der Waals surface area contributed by atoms with E-state index in [0.717, 1.165) is 11.8 Å². The molecule has 0 spiro atoms. The summed E-state index contributed by atoms with van der Waals surface area (Å²) in [6, 6.07) is 6.19. The van der Waals surface area contributed by atoms with E-state index in [0.29, 0.717) is 5.06 Å². The summed E-state index contributed by atoms with van der Waals surface area (Å²) in [7, 11) is 0. The Morgan fingerprint density at radius 1 is 1.15 bits per heavy atom. The first kappa shape index (κ1) is 13.7. The van der Waals surface area contributed by atoms with Crippen LogP contribution in [0.4, 0.5) is 4.79 Å². The lowest BCUT2D eigenvalue weighted by Crippen LogP contribution is -2.33. The molecule has 0 radical (unpaired) electrons. The zero-order chi connectivity index (χ0) is 14.5. The fourth-order valence-corrected chi connectivity index (χ4v) is 1.64. The number of rotatable bonds is 4. The second-order valence-electron chi connectivity index (χ2n) is 4.04. The maximum Gasteiger partial charge on any atom is 0.539 e. The average molecular weight is 277 g/mol. The molecule has 0 N–H and O–H groups in total. The Balaban J connectivity index is 1.92. The third kappa shape index (κ3) is 3.19. The summed E-state index contributed by atoms with van der Waals surface area (Å²) in [5.74, 6) is -0.967. The lowest BCUT2D eigenvalue weighted by Gasteiger charge is -2.12. The van der Waals surface area contributed by atoms with Gasteiger partial charge in [0.1, 0.15) is 12.0 Å². The number of nitrogens with zero attached hydrogens (tertiary/aromatic N) is 1. The maximum absolute atomic E-state index is 11.4. The van der Waals surface area contributed by atoms with Gasteiger partial charge in [-0.15, -0.1) is 0 Å². The number of hydrogen-bond acceptors (Lipinski definition) is 6. The van der Waals surface area contributed by atoms with E-state index in [-0.39, 0.29) is 25.0 Å². The molecular formula is C13H11NO6. The minimum Gasteiger partial charge on any atom is -0.393 e. The summed E-state index contributed by atoms with van der Waals surface area (Å²) in [5, 5.41) is 0.406. The number of hydrogen-bond donors (Lipinski definition) is 0. The summed E-state index contributed by atoms with van der Waals surface area (Å²) < 4.78 is 4.81. The van der Waals surface area contributed by atoms with Crippen molar-refractivity contribution in [2.75, 3.05) is 0 Å². The van der Waals surface area contributed by atoms with Gasteiger partial charge in [-0.3, -0.25) is 14.4 Å². The molecule has 2 rings (SSSR count). The Bertz CT molecular complexity index is 534. The smallest absolute Gasteiger partial charge is 0.393 e. The fourth-order valence-electron chi connectivity index (χ4n) is 1.64. The Morgan fingerprint density at radius 2 is 1.75 bits per heavy atom. The normalized spacial score (nSPS) is 14.3. The monoisotopic (exact) mass is 277 g/mol. The van der Waals surface area contributed by atoms with Gasteiger partial charge in [-0.1, -0.05) is 17.2 Å². The molecule has 1 aliphatic rings. The van der Waals surface area contributed by atoms with Crippen LogP contribution in [0.1, 0.15) is 18.4 Å². The van der Waals surface area contributed by atoms with E-state index in [1.807, 2.05) is 0 Å². The molecule has 0 bridgehead atoms. The van der Waals surface area contributed by atoms with Gasteiger partial charge in [-0.05, 0) is 17.7 Å². The van der Waals surface area contributed by atoms with Gasteiger partial charge in [0.05, 0.1) is 0 Å². The van der Waals surface area contributed by atoms with Crippen molar-refractivity contribution in [3.8, 4) is 5.75 Å². The minimum atomic E-state index is -1.17. The van der Waals surface area contributed by atoms with Crippen LogP contribution in [0.25, 0.3) is 0 Å². The Morgan fingerprint density at radius 3 is 2.30 bits per heavy atom. The number of aldehydes is 1.